The number of hydrogen-bond donors (Lipinski definition) is 1. The predicted octanol–water partition coefficient (Wildman–Crippen LogP) is 4.84. The van der Waals surface area contributed by atoms with Gasteiger partial charge < -0.3 is 5.32 Å². The number of likely N-dealkylation sites (tertiary alicyclic amines) is 1. The van der Waals surface area contributed by atoms with Crippen molar-refractivity contribution in [1.82, 2.24) is 10.2 Å². The lowest BCUT2D eigenvalue weighted by molar-refractivity contribution is -0.126. The number of hydrogen-bond acceptors (Lipinski definition) is 3. The van der Waals surface area contributed by atoms with Crippen molar-refractivity contribution in [3.8, 4) is 0 Å². The molecule has 1 saturated carbocycles. The van der Waals surface area contributed by atoms with E-state index in [1.165, 1.54) is 37.7 Å². The van der Waals surface area contributed by atoms with E-state index in [-0.39, 0.29) is 11.8 Å². The summed E-state index contributed by atoms with van der Waals surface area (Å²) in [4.78, 5) is 15.0. The van der Waals surface area contributed by atoms with Crippen molar-refractivity contribution >= 4 is 33.6 Å². The van der Waals surface area contributed by atoms with Crippen LogP contribution >= 0.6 is 27.7 Å². The lowest BCUT2D eigenvalue weighted by Gasteiger charge is -2.32. The zero-order chi connectivity index (χ0) is 18.2. The molecule has 1 heterocycles. The van der Waals surface area contributed by atoms with Gasteiger partial charge in [-0.15, -0.1) is 0 Å². The minimum Gasteiger partial charge on any atom is -0.355 e. The number of rotatable bonds is 7. The number of carbonyl (C=O) groups excluding carboxylic acids is 1. The normalized spacial score (nSPS) is 22.3. The molecule has 3 rings (SSSR count). The van der Waals surface area contributed by atoms with Crippen LogP contribution < -0.4 is 5.32 Å². The minimum atomic E-state index is 0.152. The summed E-state index contributed by atoms with van der Waals surface area (Å²) in [5.74, 6) is 1.47. The summed E-state index contributed by atoms with van der Waals surface area (Å²) in [5.41, 5.74) is 1.32. The third kappa shape index (κ3) is 6.58. The van der Waals surface area contributed by atoms with Gasteiger partial charge >= 0.3 is 0 Å². The van der Waals surface area contributed by atoms with Gasteiger partial charge in [-0.3, -0.25) is 9.69 Å². The number of benzene rings is 1. The van der Waals surface area contributed by atoms with E-state index in [4.69, 9.17) is 0 Å². The molecule has 144 valence electrons. The van der Waals surface area contributed by atoms with E-state index in [0.717, 1.165) is 54.5 Å². The van der Waals surface area contributed by atoms with Crippen LogP contribution in [0.2, 0.25) is 0 Å². The number of amides is 1. The van der Waals surface area contributed by atoms with Crippen molar-refractivity contribution in [1.29, 1.82) is 0 Å². The average Bonchev–Trinajstić information content (AvgIpc) is 2.68. The van der Waals surface area contributed by atoms with Gasteiger partial charge in [-0.25, -0.2) is 0 Å². The van der Waals surface area contributed by atoms with Crippen LogP contribution in [0.25, 0.3) is 0 Å². The molecule has 3 nitrogen and oxygen atoms in total. The van der Waals surface area contributed by atoms with Crippen LogP contribution in [-0.2, 0) is 11.3 Å². The summed E-state index contributed by atoms with van der Waals surface area (Å²) < 4.78 is 1.11. The summed E-state index contributed by atoms with van der Waals surface area (Å²) in [6, 6.07) is 8.51. The lowest BCUT2D eigenvalue weighted by Crippen LogP contribution is -2.43. The Balaban J connectivity index is 1.36. The zero-order valence-corrected chi connectivity index (χ0v) is 18.0. The van der Waals surface area contributed by atoms with Crippen LogP contribution in [0.4, 0.5) is 0 Å². The van der Waals surface area contributed by atoms with Gasteiger partial charge in [-0.2, -0.15) is 11.8 Å². The summed E-state index contributed by atoms with van der Waals surface area (Å²) in [6.45, 7) is 3.74. The van der Waals surface area contributed by atoms with Crippen LogP contribution in [-0.4, -0.2) is 41.4 Å². The lowest BCUT2D eigenvalue weighted by atomic mass is 9.96. The van der Waals surface area contributed by atoms with E-state index in [1.807, 2.05) is 0 Å². The highest BCUT2D eigenvalue weighted by molar-refractivity contribution is 9.10. The SMILES string of the molecule is O=C(NCCSC1CCCCC1)C1CCCN(Cc2ccc(Br)cc2)C1. The Morgan fingerprint density at radius 3 is 2.65 bits per heavy atom. The molecule has 1 N–H and O–H groups in total. The van der Waals surface area contributed by atoms with Crippen LogP contribution in [0.15, 0.2) is 28.7 Å². The van der Waals surface area contributed by atoms with Crippen LogP contribution in [0.3, 0.4) is 0 Å². The molecule has 5 heteroatoms. The molecule has 0 bridgehead atoms. The molecule has 0 aromatic heterocycles. The molecule has 1 aromatic rings. The van der Waals surface area contributed by atoms with Gasteiger partial charge in [0.1, 0.15) is 0 Å². The van der Waals surface area contributed by atoms with E-state index < -0.39 is 0 Å². The van der Waals surface area contributed by atoms with Gasteiger partial charge in [-0.05, 0) is 49.9 Å². The van der Waals surface area contributed by atoms with Crippen molar-refractivity contribution in [2.75, 3.05) is 25.4 Å². The first-order valence-corrected chi connectivity index (χ1v) is 11.9. The molecule has 1 unspecified atom stereocenters. The maximum absolute atomic E-state index is 12.5. The van der Waals surface area contributed by atoms with Gasteiger partial charge in [0.2, 0.25) is 5.91 Å². The van der Waals surface area contributed by atoms with Gasteiger partial charge in [-0.1, -0.05) is 47.3 Å². The topological polar surface area (TPSA) is 32.3 Å². The van der Waals surface area contributed by atoms with E-state index in [2.05, 4.69) is 62.2 Å². The fourth-order valence-corrected chi connectivity index (χ4v) is 5.52. The monoisotopic (exact) mass is 438 g/mol. The molecule has 1 saturated heterocycles. The molecule has 1 aromatic carbocycles. The highest BCUT2D eigenvalue weighted by atomic mass is 79.9. The molecule has 1 amide bonds. The maximum Gasteiger partial charge on any atom is 0.224 e. The number of carbonyl (C=O) groups is 1. The average molecular weight is 439 g/mol. The number of nitrogens with zero attached hydrogens (tertiary/aromatic N) is 1. The first-order valence-electron chi connectivity index (χ1n) is 10.1. The first-order chi connectivity index (χ1) is 12.7. The number of halogens is 1. The third-order valence-corrected chi connectivity index (χ3v) is 7.41. The smallest absolute Gasteiger partial charge is 0.224 e. The van der Waals surface area contributed by atoms with Crippen LogP contribution in [0.5, 0.6) is 0 Å². The van der Waals surface area contributed by atoms with Crippen molar-refractivity contribution < 1.29 is 4.79 Å². The highest BCUT2D eigenvalue weighted by Gasteiger charge is 2.25. The molecule has 0 radical (unpaired) electrons. The van der Waals surface area contributed by atoms with Crippen LogP contribution in [0, 0.1) is 5.92 Å². The second-order valence-electron chi connectivity index (χ2n) is 7.62. The van der Waals surface area contributed by atoms with Crippen molar-refractivity contribution in [2.45, 2.75) is 56.7 Å². The predicted molar refractivity (Wildman–Crippen MR) is 114 cm³/mol. The molecule has 26 heavy (non-hydrogen) atoms. The third-order valence-electron chi connectivity index (χ3n) is 5.50. The molecular formula is C21H31BrN2OS. The van der Waals surface area contributed by atoms with Gasteiger partial charge in [0.05, 0.1) is 5.92 Å². The Labute approximate surface area is 170 Å². The van der Waals surface area contributed by atoms with Crippen molar-refractivity contribution in [3.63, 3.8) is 0 Å². The highest BCUT2D eigenvalue weighted by Crippen LogP contribution is 2.27. The molecule has 1 aliphatic carbocycles. The number of nitrogens with one attached hydrogen (secondary N) is 1. The number of thioether (sulfide) groups is 1. The summed E-state index contributed by atoms with van der Waals surface area (Å²) in [6.07, 6.45) is 9.06. The molecular weight excluding hydrogens is 408 g/mol. The molecule has 2 aliphatic rings. The first kappa shape index (κ1) is 20.2. The second kappa shape index (κ2) is 10.7. The fourth-order valence-electron chi connectivity index (χ4n) is 4.04. The summed E-state index contributed by atoms with van der Waals surface area (Å²) in [7, 11) is 0. The Bertz CT molecular complexity index is 560. The standard InChI is InChI=1S/C21H31BrN2OS/c22-19-10-8-17(9-11-19)15-24-13-4-5-18(16-24)21(25)23-12-14-26-20-6-2-1-3-7-20/h8-11,18,20H,1-7,12-16H2,(H,23,25). The van der Waals surface area contributed by atoms with Gasteiger partial charge in [0.15, 0.2) is 0 Å². The molecule has 1 aliphatic heterocycles. The largest absolute Gasteiger partial charge is 0.355 e. The Morgan fingerprint density at radius 2 is 1.88 bits per heavy atom. The Morgan fingerprint density at radius 1 is 1.12 bits per heavy atom. The minimum absolute atomic E-state index is 0.152. The Hall–Kier alpha value is -0.520. The summed E-state index contributed by atoms with van der Waals surface area (Å²) >= 11 is 5.55. The molecule has 0 spiro atoms. The number of piperidine rings is 1. The van der Waals surface area contributed by atoms with Crippen molar-refractivity contribution in [2.24, 2.45) is 5.92 Å². The van der Waals surface area contributed by atoms with Crippen LogP contribution in [0.1, 0.15) is 50.5 Å². The maximum atomic E-state index is 12.5. The quantitative estimate of drug-likeness (QED) is 0.617. The van der Waals surface area contributed by atoms with E-state index in [9.17, 15) is 4.79 Å². The van der Waals surface area contributed by atoms with E-state index in [1.54, 1.807) is 0 Å². The molecule has 2 fully saturated rings. The zero-order valence-electron chi connectivity index (χ0n) is 15.6. The fraction of sp³-hybridized carbons (Fsp3) is 0.667. The molecule has 1 atom stereocenters. The summed E-state index contributed by atoms with van der Waals surface area (Å²) in [5, 5.41) is 4.02. The van der Waals surface area contributed by atoms with Crippen molar-refractivity contribution in [3.05, 3.63) is 34.3 Å². The Kier molecular flexibility index (Phi) is 8.34. The van der Waals surface area contributed by atoms with Gasteiger partial charge in [0.25, 0.3) is 0 Å². The second-order valence-corrected chi connectivity index (χ2v) is 9.95. The van der Waals surface area contributed by atoms with Gasteiger partial charge in [0, 0.05) is 35.1 Å². The van der Waals surface area contributed by atoms with E-state index >= 15 is 0 Å². The van der Waals surface area contributed by atoms with E-state index in [0.29, 0.717) is 0 Å².